The molecule has 1 heterocycles. The van der Waals surface area contributed by atoms with Crippen LogP contribution < -0.4 is 5.32 Å². The molecule has 0 aromatic heterocycles. The second kappa shape index (κ2) is 5.71. The van der Waals surface area contributed by atoms with Gasteiger partial charge in [0.05, 0.1) is 0 Å². The van der Waals surface area contributed by atoms with E-state index in [0.29, 0.717) is 0 Å². The minimum absolute atomic E-state index is 0.805. The molecule has 1 atom stereocenters. The molecular weight excluding hydrogens is 208 g/mol. The number of nitrogens with zero attached hydrogens (tertiary/aromatic N) is 1. The van der Waals surface area contributed by atoms with Gasteiger partial charge < -0.3 is 5.32 Å². The summed E-state index contributed by atoms with van der Waals surface area (Å²) in [4.78, 5) is 2.70. The first-order valence-corrected chi connectivity index (χ1v) is 7.89. The van der Waals surface area contributed by atoms with Gasteiger partial charge in [-0.25, -0.2) is 0 Å². The van der Waals surface area contributed by atoms with E-state index in [-0.39, 0.29) is 0 Å². The molecule has 1 N–H and O–H groups in total. The Balaban J connectivity index is 1.24. The Hall–Kier alpha value is -0.0800. The summed E-state index contributed by atoms with van der Waals surface area (Å²) in [5.74, 6) is 1.07. The van der Waals surface area contributed by atoms with Gasteiger partial charge in [-0.15, -0.1) is 0 Å². The van der Waals surface area contributed by atoms with Crippen molar-refractivity contribution in [3.63, 3.8) is 0 Å². The van der Waals surface area contributed by atoms with Crippen LogP contribution in [0.1, 0.15) is 57.8 Å². The van der Waals surface area contributed by atoms with Crippen molar-refractivity contribution in [2.75, 3.05) is 19.6 Å². The van der Waals surface area contributed by atoms with Crippen molar-refractivity contribution < 1.29 is 0 Å². The van der Waals surface area contributed by atoms with E-state index in [1.54, 1.807) is 0 Å². The molecule has 3 aliphatic rings. The molecule has 2 nitrogen and oxygen atoms in total. The van der Waals surface area contributed by atoms with E-state index in [0.717, 1.165) is 18.0 Å². The Labute approximate surface area is 106 Å². The fourth-order valence-electron chi connectivity index (χ4n) is 3.72. The molecule has 0 bridgehead atoms. The molecule has 1 unspecified atom stereocenters. The normalized spacial score (nSPS) is 31.4. The average Bonchev–Trinajstić information content (AvgIpc) is 2.89. The van der Waals surface area contributed by atoms with Gasteiger partial charge in [-0.05, 0) is 44.6 Å². The number of likely N-dealkylation sites (tertiary alicyclic amines) is 1. The molecule has 0 aromatic carbocycles. The summed E-state index contributed by atoms with van der Waals surface area (Å²) in [7, 11) is 0. The predicted octanol–water partition coefficient (Wildman–Crippen LogP) is 2.78. The van der Waals surface area contributed by atoms with Crippen molar-refractivity contribution in [2.45, 2.75) is 69.9 Å². The van der Waals surface area contributed by atoms with Crippen molar-refractivity contribution in [1.82, 2.24) is 10.2 Å². The van der Waals surface area contributed by atoms with Crippen LogP contribution in [0.4, 0.5) is 0 Å². The lowest BCUT2D eigenvalue weighted by atomic mass is 10.0. The lowest BCUT2D eigenvalue weighted by molar-refractivity contribution is 0.316. The number of hydrogen-bond donors (Lipinski definition) is 1. The van der Waals surface area contributed by atoms with E-state index in [9.17, 15) is 0 Å². The molecule has 17 heavy (non-hydrogen) atoms. The van der Waals surface area contributed by atoms with Gasteiger partial charge in [-0.2, -0.15) is 0 Å². The lowest BCUT2D eigenvalue weighted by Crippen LogP contribution is -2.33. The first-order valence-electron chi connectivity index (χ1n) is 7.89. The molecule has 0 radical (unpaired) electrons. The zero-order chi connectivity index (χ0) is 11.5. The molecule has 1 saturated heterocycles. The SMILES string of the molecule is C1CCC(CCCNC2CCN(C3CC3)C2)C1. The highest BCUT2D eigenvalue weighted by Crippen LogP contribution is 2.30. The van der Waals surface area contributed by atoms with Gasteiger partial charge in [-0.3, -0.25) is 4.90 Å². The Bertz CT molecular complexity index is 231. The van der Waals surface area contributed by atoms with Crippen LogP contribution in [0.3, 0.4) is 0 Å². The highest BCUT2D eigenvalue weighted by atomic mass is 15.2. The van der Waals surface area contributed by atoms with Gasteiger partial charge in [0.15, 0.2) is 0 Å². The van der Waals surface area contributed by atoms with Crippen LogP contribution in [0.15, 0.2) is 0 Å². The summed E-state index contributed by atoms with van der Waals surface area (Å²) >= 11 is 0. The largest absolute Gasteiger partial charge is 0.313 e. The fourth-order valence-corrected chi connectivity index (χ4v) is 3.72. The smallest absolute Gasteiger partial charge is 0.0207 e. The standard InChI is InChI=1S/C15H28N2/c1-2-5-13(4-1)6-3-10-16-14-9-11-17(12-14)15-7-8-15/h13-16H,1-12H2. The number of nitrogens with one attached hydrogen (secondary N) is 1. The Morgan fingerprint density at radius 2 is 1.82 bits per heavy atom. The molecule has 98 valence electrons. The van der Waals surface area contributed by atoms with Crippen LogP contribution in [0.2, 0.25) is 0 Å². The van der Waals surface area contributed by atoms with Gasteiger partial charge in [-0.1, -0.05) is 25.7 Å². The summed E-state index contributed by atoms with van der Waals surface area (Å²) in [6, 6.07) is 1.78. The third-order valence-corrected chi connectivity index (χ3v) is 4.98. The zero-order valence-corrected chi connectivity index (χ0v) is 11.2. The van der Waals surface area contributed by atoms with Crippen molar-refractivity contribution in [3.05, 3.63) is 0 Å². The molecule has 3 fully saturated rings. The monoisotopic (exact) mass is 236 g/mol. The minimum atomic E-state index is 0.805. The quantitative estimate of drug-likeness (QED) is 0.713. The van der Waals surface area contributed by atoms with Crippen LogP contribution in [0.25, 0.3) is 0 Å². The molecular formula is C15H28N2. The van der Waals surface area contributed by atoms with Crippen LogP contribution in [0.5, 0.6) is 0 Å². The van der Waals surface area contributed by atoms with Crippen molar-refractivity contribution in [1.29, 1.82) is 0 Å². The molecule has 2 aliphatic carbocycles. The fraction of sp³-hybridized carbons (Fsp3) is 1.00. The highest BCUT2D eigenvalue weighted by molar-refractivity contribution is 4.91. The topological polar surface area (TPSA) is 15.3 Å². The number of rotatable bonds is 6. The Morgan fingerprint density at radius 1 is 1.00 bits per heavy atom. The van der Waals surface area contributed by atoms with E-state index in [4.69, 9.17) is 0 Å². The van der Waals surface area contributed by atoms with Crippen LogP contribution in [-0.2, 0) is 0 Å². The Morgan fingerprint density at radius 3 is 2.59 bits per heavy atom. The molecule has 0 amide bonds. The van der Waals surface area contributed by atoms with Gasteiger partial charge in [0, 0.05) is 25.2 Å². The van der Waals surface area contributed by atoms with E-state index in [1.807, 2.05) is 0 Å². The zero-order valence-electron chi connectivity index (χ0n) is 11.2. The van der Waals surface area contributed by atoms with Crippen LogP contribution in [-0.4, -0.2) is 36.6 Å². The lowest BCUT2D eigenvalue weighted by Gasteiger charge is -2.16. The minimum Gasteiger partial charge on any atom is -0.313 e. The number of hydrogen-bond acceptors (Lipinski definition) is 2. The van der Waals surface area contributed by atoms with Crippen molar-refractivity contribution in [3.8, 4) is 0 Å². The summed E-state index contributed by atoms with van der Waals surface area (Å²) in [6.45, 7) is 3.94. The maximum absolute atomic E-state index is 3.78. The highest BCUT2D eigenvalue weighted by Gasteiger charge is 2.33. The summed E-state index contributed by atoms with van der Waals surface area (Å²) < 4.78 is 0. The van der Waals surface area contributed by atoms with Crippen LogP contribution in [0, 0.1) is 5.92 Å². The third kappa shape index (κ3) is 3.45. The van der Waals surface area contributed by atoms with Crippen LogP contribution >= 0.6 is 0 Å². The molecule has 2 saturated carbocycles. The summed E-state index contributed by atoms with van der Waals surface area (Å²) in [6.07, 6.45) is 13.2. The van der Waals surface area contributed by atoms with E-state index >= 15 is 0 Å². The van der Waals surface area contributed by atoms with E-state index in [1.165, 1.54) is 77.4 Å². The molecule has 2 heteroatoms. The first kappa shape index (κ1) is 12.0. The predicted molar refractivity (Wildman–Crippen MR) is 72.2 cm³/mol. The second-order valence-corrected chi connectivity index (χ2v) is 6.46. The van der Waals surface area contributed by atoms with Gasteiger partial charge in [0.25, 0.3) is 0 Å². The van der Waals surface area contributed by atoms with Gasteiger partial charge in [0.1, 0.15) is 0 Å². The molecule has 3 rings (SSSR count). The summed E-state index contributed by atoms with van der Waals surface area (Å²) in [5, 5.41) is 3.78. The maximum atomic E-state index is 3.78. The first-order chi connectivity index (χ1) is 8.42. The Kier molecular flexibility index (Phi) is 4.02. The van der Waals surface area contributed by atoms with Crippen molar-refractivity contribution in [2.24, 2.45) is 5.92 Å². The summed E-state index contributed by atoms with van der Waals surface area (Å²) in [5.41, 5.74) is 0. The van der Waals surface area contributed by atoms with Crippen molar-refractivity contribution >= 4 is 0 Å². The molecule has 1 aliphatic heterocycles. The molecule has 0 aromatic rings. The van der Waals surface area contributed by atoms with Gasteiger partial charge >= 0.3 is 0 Å². The maximum Gasteiger partial charge on any atom is 0.0207 e. The molecule has 0 spiro atoms. The van der Waals surface area contributed by atoms with E-state index < -0.39 is 0 Å². The van der Waals surface area contributed by atoms with E-state index in [2.05, 4.69) is 10.2 Å². The second-order valence-electron chi connectivity index (χ2n) is 6.46. The average molecular weight is 236 g/mol. The van der Waals surface area contributed by atoms with Gasteiger partial charge in [0.2, 0.25) is 0 Å². The third-order valence-electron chi connectivity index (χ3n) is 4.98.